The van der Waals surface area contributed by atoms with Crippen molar-refractivity contribution in [1.82, 2.24) is 5.32 Å². The Kier molecular flexibility index (Phi) is 4.00. The van der Waals surface area contributed by atoms with Crippen molar-refractivity contribution < 1.29 is 9.13 Å². The molecule has 94 valence electrons. The Morgan fingerprint density at radius 2 is 2.24 bits per heavy atom. The molecule has 3 heteroatoms. The standard InChI is InChI=1S/C14H20FNO/c1-10-5-3-7-12(16-10)9-11-6-4-8-13(17-2)14(11)15/h4,6,8,10,12,16H,3,5,7,9H2,1-2H3. The highest BCUT2D eigenvalue weighted by Gasteiger charge is 2.20. The molecule has 0 bridgehead atoms. The van der Waals surface area contributed by atoms with Gasteiger partial charge in [-0.1, -0.05) is 18.6 Å². The predicted octanol–water partition coefficient (Wildman–Crippen LogP) is 2.91. The van der Waals surface area contributed by atoms with Gasteiger partial charge in [-0.15, -0.1) is 0 Å². The maximum Gasteiger partial charge on any atom is 0.168 e. The Hall–Kier alpha value is -1.09. The third-order valence-electron chi connectivity index (χ3n) is 3.44. The van der Waals surface area contributed by atoms with E-state index in [1.165, 1.54) is 20.0 Å². The van der Waals surface area contributed by atoms with Crippen LogP contribution in [0.25, 0.3) is 0 Å². The lowest BCUT2D eigenvalue weighted by molar-refractivity contribution is 0.329. The van der Waals surface area contributed by atoms with Crippen LogP contribution in [0.2, 0.25) is 0 Å². The third-order valence-corrected chi connectivity index (χ3v) is 3.44. The quantitative estimate of drug-likeness (QED) is 0.872. The van der Waals surface area contributed by atoms with E-state index in [-0.39, 0.29) is 5.82 Å². The monoisotopic (exact) mass is 237 g/mol. The van der Waals surface area contributed by atoms with Gasteiger partial charge in [0, 0.05) is 12.1 Å². The summed E-state index contributed by atoms with van der Waals surface area (Å²) in [6.45, 7) is 2.19. The largest absolute Gasteiger partial charge is 0.494 e. The topological polar surface area (TPSA) is 21.3 Å². The molecule has 2 atom stereocenters. The van der Waals surface area contributed by atoms with Crippen molar-refractivity contribution in [3.63, 3.8) is 0 Å². The molecule has 17 heavy (non-hydrogen) atoms. The predicted molar refractivity (Wildman–Crippen MR) is 66.9 cm³/mol. The Bertz CT molecular complexity index is 380. The van der Waals surface area contributed by atoms with Gasteiger partial charge in [-0.3, -0.25) is 0 Å². The first-order chi connectivity index (χ1) is 8.20. The van der Waals surface area contributed by atoms with E-state index in [1.54, 1.807) is 6.07 Å². The van der Waals surface area contributed by atoms with Gasteiger partial charge in [-0.05, 0) is 37.8 Å². The average molecular weight is 237 g/mol. The number of nitrogens with one attached hydrogen (secondary N) is 1. The molecular formula is C14H20FNO. The van der Waals surface area contributed by atoms with Crippen LogP contribution < -0.4 is 10.1 Å². The van der Waals surface area contributed by atoms with Crippen LogP contribution in [0.5, 0.6) is 5.75 Å². The number of methoxy groups -OCH3 is 1. The van der Waals surface area contributed by atoms with Gasteiger partial charge in [0.25, 0.3) is 0 Å². The van der Waals surface area contributed by atoms with Gasteiger partial charge in [0.2, 0.25) is 0 Å². The lowest BCUT2D eigenvalue weighted by Gasteiger charge is -2.29. The van der Waals surface area contributed by atoms with E-state index in [9.17, 15) is 4.39 Å². The minimum atomic E-state index is -0.213. The van der Waals surface area contributed by atoms with E-state index in [4.69, 9.17) is 4.74 Å². The second-order valence-corrected chi connectivity index (χ2v) is 4.83. The van der Waals surface area contributed by atoms with Crippen LogP contribution in [0, 0.1) is 5.82 Å². The van der Waals surface area contributed by atoms with Gasteiger partial charge in [-0.25, -0.2) is 4.39 Å². The van der Waals surface area contributed by atoms with Crippen LogP contribution in [0.1, 0.15) is 31.7 Å². The van der Waals surface area contributed by atoms with Crippen LogP contribution >= 0.6 is 0 Å². The molecule has 1 fully saturated rings. The Morgan fingerprint density at radius 1 is 1.41 bits per heavy atom. The summed E-state index contributed by atoms with van der Waals surface area (Å²) in [5, 5.41) is 3.52. The molecule has 2 nitrogen and oxygen atoms in total. The summed E-state index contributed by atoms with van der Waals surface area (Å²) in [7, 11) is 1.50. The van der Waals surface area contributed by atoms with Gasteiger partial charge < -0.3 is 10.1 Å². The van der Waals surface area contributed by atoms with Crippen molar-refractivity contribution in [3.05, 3.63) is 29.6 Å². The van der Waals surface area contributed by atoms with Gasteiger partial charge in [0.1, 0.15) is 0 Å². The molecule has 1 heterocycles. The van der Waals surface area contributed by atoms with E-state index >= 15 is 0 Å². The molecule has 0 spiro atoms. The minimum absolute atomic E-state index is 0.213. The van der Waals surface area contributed by atoms with E-state index in [0.717, 1.165) is 18.4 Å². The smallest absolute Gasteiger partial charge is 0.168 e. The second-order valence-electron chi connectivity index (χ2n) is 4.83. The Balaban J connectivity index is 2.07. The van der Waals surface area contributed by atoms with Crippen molar-refractivity contribution in [3.8, 4) is 5.75 Å². The maximum absolute atomic E-state index is 14.0. The number of hydrogen-bond acceptors (Lipinski definition) is 2. The fourth-order valence-electron chi connectivity index (χ4n) is 2.54. The van der Waals surface area contributed by atoms with Gasteiger partial charge in [0.05, 0.1) is 7.11 Å². The lowest BCUT2D eigenvalue weighted by atomic mass is 9.94. The second kappa shape index (κ2) is 5.50. The van der Waals surface area contributed by atoms with Crippen LogP contribution in [0.15, 0.2) is 18.2 Å². The first-order valence-corrected chi connectivity index (χ1v) is 6.28. The highest BCUT2D eigenvalue weighted by atomic mass is 19.1. The summed E-state index contributed by atoms with van der Waals surface area (Å²) in [4.78, 5) is 0. The molecule has 0 aliphatic carbocycles. The molecule has 1 aromatic rings. The van der Waals surface area contributed by atoms with Crippen molar-refractivity contribution in [2.24, 2.45) is 0 Å². The molecule has 1 aromatic carbocycles. The fourth-order valence-corrected chi connectivity index (χ4v) is 2.54. The van der Waals surface area contributed by atoms with Gasteiger partial charge in [0.15, 0.2) is 11.6 Å². The molecule has 1 saturated heterocycles. The summed E-state index contributed by atoms with van der Waals surface area (Å²) in [5.74, 6) is 0.126. The fraction of sp³-hybridized carbons (Fsp3) is 0.571. The zero-order chi connectivity index (χ0) is 12.3. The zero-order valence-electron chi connectivity index (χ0n) is 10.5. The molecule has 0 radical (unpaired) electrons. The normalized spacial score (nSPS) is 24.6. The van der Waals surface area contributed by atoms with Crippen molar-refractivity contribution in [2.75, 3.05) is 7.11 Å². The van der Waals surface area contributed by atoms with Crippen LogP contribution in [0.4, 0.5) is 4.39 Å². The number of benzene rings is 1. The molecule has 0 saturated carbocycles. The van der Waals surface area contributed by atoms with Crippen LogP contribution in [0.3, 0.4) is 0 Å². The summed E-state index contributed by atoms with van der Waals surface area (Å²) in [5.41, 5.74) is 0.746. The van der Waals surface area contributed by atoms with Gasteiger partial charge >= 0.3 is 0 Å². The highest BCUT2D eigenvalue weighted by molar-refractivity contribution is 5.31. The molecule has 0 amide bonds. The third kappa shape index (κ3) is 2.97. The summed E-state index contributed by atoms with van der Waals surface area (Å²) in [6.07, 6.45) is 4.32. The number of halogens is 1. The Labute approximate surface area is 102 Å². The number of piperidine rings is 1. The van der Waals surface area contributed by atoms with E-state index in [2.05, 4.69) is 12.2 Å². The van der Waals surface area contributed by atoms with Crippen LogP contribution in [-0.2, 0) is 6.42 Å². The number of ether oxygens (including phenoxy) is 1. The van der Waals surface area contributed by atoms with Crippen molar-refractivity contribution in [1.29, 1.82) is 0 Å². The molecule has 1 aliphatic rings. The number of hydrogen-bond donors (Lipinski definition) is 1. The zero-order valence-corrected chi connectivity index (χ0v) is 10.5. The van der Waals surface area contributed by atoms with Crippen LogP contribution in [-0.4, -0.2) is 19.2 Å². The molecule has 2 unspecified atom stereocenters. The van der Waals surface area contributed by atoms with E-state index < -0.39 is 0 Å². The molecule has 2 rings (SSSR count). The molecular weight excluding hydrogens is 217 g/mol. The minimum Gasteiger partial charge on any atom is -0.494 e. The number of rotatable bonds is 3. The lowest BCUT2D eigenvalue weighted by Crippen LogP contribution is -2.41. The summed E-state index contributed by atoms with van der Waals surface area (Å²) in [6, 6.07) is 6.29. The molecule has 1 N–H and O–H groups in total. The summed E-state index contributed by atoms with van der Waals surface area (Å²) >= 11 is 0. The van der Waals surface area contributed by atoms with E-state index in [1.807, 2.05) is 12.1 Å². The highest BCUT2D eigenvalue weighted by Crippen LogP contribution is 2.23. The van der Waals surface area contributed by atoms with E-state index in [0.29, 0.717) is 17.8 Å². The van der Waals surface area contributed by atoms with Gasteiger partial charge in [-0.2, -0.15) is 0 Å². The SMILES string of the molecule is COc1cccc(CC2CCCC(C)N2)c1F. The molecule has 1 aliphatic heterocycles. The first-order valence-electron chi connectivity index (χ1n) is 6.28. The first kappa shape index (κ1) is 12.4. The average Bonchev–Trinajstić information content (AvgIpc) is 2.32. The summed E-state index contributed by atoms with van der Waals surface area (Å²) < 4.78 is 19.0. The van der Waals surface area contributed by atoms with Crippen molar-refractivity contribution >= 4 is 0 Å². The van der Waals surface area contributed by atoms with Crippen molar-refractivity contribution in [2.45, 2.75) is 44.7 Å². The maximum atomic E-state index is 14.0. The molecule has 0 aromatic heterocycles. The Morgan fingerprint density at radius 3 is 2.94 bits per heavy atom.